The highest BCUT2D eigenvalue weighted by Gasteiger charge is 2.47. The van der Waals surface area contributed by atoms with E-state index in [9.17, 15) is 19.1 Å². The van der Waals surface area contributed by atoms with Crippen molar-refractivity contribution in [2.24, 2.45) is 0 Å². The Labute approximate surface area is 188 Å². The topological polar surface area (TPSA) is 88.0 Å². The molecule has 3 aromatic heterocycles. The van der Waals surface area contributed by atoms with Gasteiger partial charge in [-0.1, -0.05) is 24.3 Å². The number of nitrogens with zero attached hydrogens (tertiary/aromatic N) is 3. The molecule has 166 valence electrons. The molecule has 1 N–H and O–H groups in total. The summed E-state index contributed by atoms with van der Waals surface area (Å²) in [7, 11) is 0. The molecule has 0 bridgehead atoms. The SMILES string of the molecule is Cc1cccn2c(C)c(/C(O)=C3\C(=O)C(=O)N(Cc4ccco4)C3c3ccccc3F)nc12. The lowest BCUT2D eigenvalue weighted by Gasteiger charge is -2.24. The van der Waals surface area contributed by atoms with Crippen LogP contribution in [-0.2, 0) is 16.1 Å². The fraction of sp³-hybridized carbons (Fsp3) is 0.160. The van der Waals surface area contributed by atoms with Crippen molar-refractivity contribution in [3.63, 3.8) is 0 Å². The van der Waals surface area contributed by atoms with E-state index in [1.165, 1.54) is 29.4 Å². The van der Waals surface area contributed by atoms with Gasteiger partial charge in [-0.3, -0.25) is 9.59 Å². The molecule has 1 fully saturated rings. The van der Waals surface area contributed by atoms with Crippen LogP contribution in [0, 0.1) is 19.7 Å². The van der Waals surface area contributed by atoms with Gasteiger partial charge in [0.2, 0.25) is 0 Å². The Hall–Kier alpha value is -4.20. The van der Waals surface area contributed by atoms with Crippen LogP contribution in [0.3, 0.4) is 0 Å². The average molecular weight is 445 g/mol. The number of hydrogen-bond donors (Lipinski definition) is 1. The number of aromatic nitrogens is 2. The number of ketones is 1. The Morgan fingerprint density at radius 1 is 1.12 bits per heavy atom. The smallest absolute Gasteiger partial charge is 0.296 e. The number of hydrogen-bond acceptors (Lipinski definition) is 5. The normalized spacial score (nSPS) is 17.9. The molecule has 4 heterocycles. The summed E-state index contributed by atoms with van der Waals surface area (Å²) in [4.78, 5) is 31.9. The van der Waals surface area contributed by atoms with E-state index in [0.717, 1.165) is 5.56 Å². The van der Waals surface area contributed by atoms with Gasteiger partial charge in [-0.15, -0.1) is 0 Å². The van der Waals surface area contributed by atoms with Gasteiger partial charge in [-0.05, 0) is 43.7 Å². The van der Waals surface area contributed by atoms with Crippen LogP contribution in [0.4, 0.5) is 4.39 Å². The number of halogens is 1. The van der Waals surface area contributed by atoms with E-state index in [0.29, 0.717) is 17.1 Å². The van der Waals surface area contributed by atoms with Crippen LogP contribution < -0.4 is 0 Å². The van der Waals surface area contributed by atoms with E-state index in [-0.39, 0.29) is 23.4 Å². The molecule has 8 heteroatoms. The van der Waals surface area contributed by atoms with Gasteiger partial charge in [-0.25, -0.2) is 9.37 Å². The molecule has 5 rings (SSSR count). The number of carbonyl (C=O) groups is 2. The van der Waals surface area contributed by atoms with Gasteiger partial charge in [-0.2, -0.15) is 0 Å². The van der Waals surface area contributed by atoms with Crippen molar-refractivity contribution in [2.75, 3.05) is 0 Å². The molecular weight excluding hydrogens is 425 g/mol. The summed E-state index contributed by atoms with van der Waals surface area (Å²) >= 11 is 0. The zero-order valence-corrected chi connectivity index (χ0v) is 17.9. The molecule has 1 aliphatic heterocycles. The van der Waals surface area contributed by atoms with Crippen molar-refractivity contribution >= 4 is 23.1 Å². The molecular formula is C25H20FN3O4. The first-order valence-corrected chi connectivity index (χ1v) is 10.4. The first kappa shape index (κ1) is 20.7. The average Bonchev–Trinajstić information content (AvgIpc) is 3.49. The minimum absolute atomic E-state index is 0.0589. The maximum Gasteiger partial charge on any atom is 0.296 e. The molecule has 1 saturated heterocycles. The predicted octanol–water partition coefficient (Wildman–Crippen LogP) is 4.31. The molecule has 0 radical (unpaired) electrons. The lowest BCUT2D eigenvalue weighted by Crippen LogP contribution is -2.29. The van der Waals surface area contributed by atoms with Crippen LogP contribution in [0.5, 0.6) is 0 Å². The number of imidazole rings is 1. The van der Waals surface area contributed by atoms with Crippen LogP contribution in [0.2, 0.25) is 0 Å². The van der Waals surface area contributed by atoms with E-state index in [1.807, 2.05) is 19.1 Å². The number of aliphatic hydroxyl groups is 1. The van der Waals surface area contributed by atoms with Gasteiger partial charge in [0.05, 0.1) is 30.1 Å². The van der Waals surface area contributed by atoms with Crippen molar-refractivity contribution < 1.29 is 23.5 Å². The standard InChI is InChI=1S/C25H20FN3O4/c1-14-7-5-11-28-15(2)20(27-24(14)28)22(30)19-21(17-9-3-4-10-18(17)26)29(25(32)23(19)31)13-16-8-6-12-33-16/h3-12,21,30H,13H2,1-2H3/b22-19+. The lowest BCUT2D eigenvalue weighted by atomic mass is 9.96. The van der Waals surface area contributed by atoms with Crippen molar-refractivity contribution in [3.05, 3.63) is 101 Å². The van der Waals surface area contributed by atoms with Crippen LogP contribution >= 0.6 is 0 Å². The molecule has 1 atom stereocenters. The molecule has 1 amide bonds. The fourth-order valence-corrected chi connectivity index (χ4v) is 4.31. The van der Waals surface area contributed by atoms with Crippen LogP contribution in [0.15, 0.2) is 71.0 Å². The molecule has 1 unspecified atom stereocenters. The molecule has 0 saturated carbocycles. The van der Waals surface area contributed by atoms with Crippen molar-refractivity contribution in [3.8, 4) is 0 Å². The number of Topliss-reactive ketones (excluding diaryl/α,β-unsaturated/α-hetero) is 1. The molecule has 1 aliphatic rings. The maximum atomic E-state index is 14.9. The fourth-order valence-electron chi connectivity index (χ4n) is 4.31. The Morgan fingerprint density at radius 3 is 2.61 bits per heavy atom. The Kier molecular flexibility index (Phi) is 4.85. The van der Waals surface area contributed by atoms with Crippen molar-refractivity contribution in [1.82, 2.24) is 14.3 Å². The molecule has 1 aromatic carbocycles. The maximum absolute atomic E-state index is 14.9. The number of rotatable bonds is 4. The number of furan rings is 1. The van der Waals surface area contributed by atoms with Gasteiger partial charge in [0, 0.05) is 11.8 Å². The largest absolute Gasteiger partial charge is 0.505 e. The van der Waals surface area contributed by atoms with Gasteiger partial charge < -0.3 is 18.8 Å². The van der Waals surface area contributed by atoms with E-state index < -0.39 is 29.3 Å². The highest BCUT2D eigenvalue weighted by Crippen LogP contribution is 2.41. The van der Waals surface area contributed by atoms with Crippen LogP contribution in [-0.4, -0.2) is 31.1 Å². The number of fused-ring (bicyclic) bond motifs is 1. The summed E-state index contributed by atoms with van der Waals surface area (Å²) in [6, 6.07) is 11.8. The number of amides is 1. The summed E-state index contributed by atoms with van der Waals surface area (Å²) in [6.45, 7) is 3.58. The van der Waals surface area contributed by atoms with E-state index in [2.05, 4.69) is 4.98 Å². The number of carbonyl (C=O) groups excluding carboxylic acids is 2. The highest BCUT2D eigenvalue weighted by atomic mass is 19.1. The van der Waals surface area contributed by atoms with Crippen molar-refractivity contribution in [1.29, 1.82) is 0 Å². The first-order chi connectivity index (χ1) is 15.9. The zero-order valence-electron chi connectivity index (χ0n) is 17.9. The van der Waals surface area contributed by atoms with E-state index in [1.54, 1.807) is 35.7 Å². The van der Waals surface area contributed by atoms with E-state index in [4.69, 9.17) is 4.42 Å². The number of aliphatic hydroxyl groups excluding tert-OH is 1. The number of pyridine rings is 1. The quantitative estimate of drug-likeness (QED) is 0.287. The van der Waals surface area contributed by atoms with Crippen molar-refractivity contribution in [2.45, 2.75) is 26.4 Å². The summed E-state index contributed by atoms with van der Waals surface area (Å²) < 4.78 is 22.0. The van der Waals surface area contributed by atoms with Crippen LogP contribution in [0.25, 0.3) is 11.4 Å². The molecule has 33 heavy (non-hydrogen) atoms. The third kappa shape index (κ3) is 3.22. The van der Waals surface area contributed by atoms with E-state index >= 15 is 0 Å². The highest BCUT2D eigenvalue weighted by molar-refractivity contribution is 6.46. The second-order valence-electron chi connectivity index (χ2n) is 7.96. The summed E-state index contributed by atoms with van der Waals surface area (Å²) in [5, 5.41) is 11.3. The van der Waals surface area contributed by atoms with Gasteiger partial charge in [0.1, 0.15) is 22.9 Å². The minimum Gasteiger partial charge on any atom is -0.505 e. The summed E-state index contributed by atoms with van der Waals surface area (Å²) in [5.41, 5.74) is 2.15. The predicted molar refractivity (Wildman–Crippen MR) is 118 cm³/mol. The van der Waals surface area contributed by atoms with Gasteiger partial charge >= 0.3 is 0 Å². The number of likely N-dealkylation sites (tertiary alicyclic amines) is 1. The monoisotopic (exact) mass is 445 g/mol. The number of aryl methyl sites for hydroxylation is 2. The van der Waals surface area contributed by atoms with Gasteiger partial charge in [0.25, 0.3) is 11.7 Å². The second-order valence-corrected chi connectivity index (χ2v) is 7.96. The second kappa shape index (κ2) is 7.74. The molecule has 0 aliphatic carbocycles. The Morgan fingerprint density at radius 2 is 1.91 bits per heavy atom. The third-order valence-electron chi connectivity index (χ3n) is 5.95. The third-order valence-corrected chi connectivity index (χ3v) is 5.95. The Balaban J connectivity index is 1.74. The zero-order chi connectivity index (χ0) is 23.3. The minimum atomic E-state index is -1.14. The van der Waals surface area contributed by atoms with Crippen LogP contribution in [0.1, 0.15) is 34.3 Å². The summed E-state index contributed by atoms with van der Waals surface area (Å²) in [6.07, 6.45) is 3.25. The molecule has 7 nitrogen and oxygen atoms in total. The lowest BCUT2D eigenvalue weighted by molar-refractivity contribution is -0.140. The molecule has 0 spiro atoms. The summed E-state index contributed by atoms with van der Waals surface area (Å²) in [5.74, 6) is -2.36. The van der Waals surface area contributed by atoms with Gasteiger partial charge in [0.15, 0.2) is 5.76 Å². The Bertz CT molecular complexity index is 1440. The first-order valence-electron chi connectivity index (χ1n) is 10.4. The molecule has 4 aromatic rings. The number of benzene rings is 1.